The van der Waals surface area contributed by atoms with Crippen LogP contribution in [-0.4, -0.2) is 28.7 Å². The number of H-pyrrole nitrogens is 1. The van der Waals surface area contributed by atoms with Crippen LogP contribution in [0, 0.1) is 6.92 Å². The van der Waals surface area contributed by atoms with E-state index >= 15 is 0 Å². The number of amides is 1. The minimum Gasteiger partial charge on any atom is -0.494 e. The molecule has 1 heterocycles. The third-order valence-corrected chi connectivity index (χ3v) is 2.68. The topological polar surface area (TPSA) is 96.4 Å². The largest absolute Gasteiger partial charge is 0.494 e. The number of aryl methyl sites for hydroxylation is 1. The fourth-order valence-electron chi connectivity index (χ4n) is 1.74. The number of benzene rings is 1. The SMILES string of the molecule is CCOc1ccc(/C=N/NC(=O)c2cc(C)[nH]c(=O)n2)cc1. The van der Waals surface area contributed by atoms with Gasteiger partial charge in [0.05, 0.1) is 12.8 Å². The number of aromatic amines is 1. The maximum absolute atomic E-state index is 11.8. The van der Waals surface area contributed by atoms with Crippen molar-refractivity contribution in [2.75, 3.05) is 6.61 Å². The number of hydrazone groups is 1. The highest BCUT2D eigenvalue weighted by atomic mass is 16.5. The average molecular weight is 300 g/mol. The Hall–Kier alpha value is -2.96. The molecule has 0 aliphatic carbocycles. The van der Waals surface area contributed by atoms with Gasteiger partial charge in [0.1, 0.15) is 11.4 Å². The molecule has 1 amide bonds. The van der Waals surface area contributed by atoms with Gasteiger partial charge in [-0.3, -0.25) is 4.79 Å². The molecule has 1 aromatic carbocycles. The van der Waals surface area contributed by atoms with Crippen LogP contribution in [0.1, 0.15) is 28.7 Å². The van der Waals surface area contributed by atoms with Gasteiger partial charge in [-0.1, -0.05) is 0 Å². The second-order valence-electron chi connectivity index (χ2n) is 4.46. The molecule has 114 valence electrons. The zero-order valence-electron chi connectivity index (χ0n) is 12.3. The van der Waals surface area contributed by atoms with Crippen LogP contribution < -0.4 is 15.9 Å². The lowest BCUT2D eigenvalue weighted by Crippen LogP contribution is -2.24. The number of carbonyl (C=O) groups is 1. The highest BCUT2D eigenvalue weighted by molar-refractivity contribution is 5.93. The number of aromatic nitrogens is 2. The Morgan fingerprint density at radius 2 is 2.14 bits per heavy atom. The van der Waals surface area contributed by atoms with Gasteiger partial charge in [-0.05, 0) is 49.7 Å². The number of hydrogen-bond donors (Lipinski definition) is 2. The molecule has 0 radical (unpaired) electrons. The summed E-state index contributed by atoms with van der Waals surface area (Å²) in [6.07, 6.45) is 1.49. The Morgan fingerprint density at radius 3 is 2.77 bits per heavy atom. The smallest absolute Gasteiger partial charge is 0.345 e. The summed E-state index contributed by atoms with van der Waals surface area (Å²) in [4.78, 5) is 29.1. The van der Waals surface area contributed by atoms with Gasteiger partial charge in [0, 0.05) is 5.69 Å². The molecule has 0 spiro atoms. The Labute approximate surface area is 127 Å². The van der Waals surface area contributed by atoms with Gasteiger partial charge < -0.3 is 9.72 Å². The maximum Gasteiger partial charge on any atom is 0.345 e. The van der Waals surface area contributed by atoms with Crippen molar-refractivity contribution < 1.29 is 9.53 Å². The highest BCUT2D eigenvalue weighted by Gasteiger charge is 2.07. The predicted octanol–water partition coefficient (Wildman–Crippen LogP) is 1.24. The summed E-state index contributed by atoms with van der Waals surface area (Å²) in [6.45, 7) is 4.18. The standard InChI is InChI=1S/C15H16N4O3/c1-3-22-12-6-4-11(5-7-12)9-16-19-14(20)13-8-10(2)17-15(21)18-13/h4-9H,3H2,1-2H3,(H,19,20)(H,17,18,21)/b16-9+. The van der Waals surface area contributed by atoms with E-state index in [0.29, 0.717) is 12.3 Å². The number of rotatable bonds is 5. The first kappa shape index (κ1) is 15.4. The molecule has 2 aromatic rings. The molecule has 0 fully saturated rings. The monoisotopic (exact) mass is 300 g/mol. The van der Waals surface area contributed by atoms with Crippen LogP contribution in [0.25, 0.3) is 0 Å². The van der Waals surface area contributed by atoms with Crippen molar-refractivity contribution in [3.63, 3.8) is 0 Å². The number of nitrogens with zero attached hydrogens (tertiary/aromatic N) is 2. The van der Waals surface area contributed by atoms with Crippen LogP contribution in [0.5, 0.6) is 5.75 Å². The van der Waals surface area contributed by atoms with Crippen molar-refractivity contribution in [3.8, 4) is 5.75 Å². The summed E-state index contributed by atoms with van der Waals surface area (Å²) in [5.74, 6) is 0.225. The third-order valence-electron chi connectivity index (χ3n) is 2.68. The lowest BCUT2D eigenvalue weighted by molar-refractivity contribution is 0.0949. The van der Waals surface area contributed by atoms with E-state index in [1.807, 2.05) is 31.2 Å². The lowest BCUT2D eigenvalue weighted by atomic mass is 10.2. The minimum absolute atomic E-state index is 0.0186. The van der Waals surface area contributed by atoms with E-state index in [4.69, 9.17) is 4.74 Å². The van der Waals surface area contributed by atoms with Crippen LogP contribution in [0.3, 0.4) is 0 Å². The summed E-state index contributed by atoms with van der Waals surface area (Å²) in [5.41, 5.74) is 3.14. The van der Waals surface area contributed by atoms with Crippen LogP contribution in [0.15, 0.2) is 40.2 Å². The van der Waals surface area contributed by atoms with Crippen LogP contribution >= 0.6 is 0 Å². The van der Waals surface area contributed by atoms with Crippen molar-refractivity contribution in [2.45, 2.75) is 13.8 Å². The Kier molecular flexibility index (Phi) is 5.02. The van der Waals surface area contributed by atoms with E-state index in [0.717, 1.165) is 11.3 Å². The molecule has 0 saturated heterocycles. The summed E-state index contributed by atoms with van der Waals surface area (Å²) < 4.78 is 5.33. The van der Waals surface area contributed by atoms with Gasteiger partial charge in [-0.15, -0.1) is 0 Å². The van der Waals surface area contributed by atoms with E-state index in [-0.39, 0.29) is 5.69 Å². The van der Waals surface area contributed by atoms with Gasteiger partial charge in [0.25, 0.3) is 5.91 Å². The van der Waals surface area contributed by atoms with Crippen molar-refractivity contribution in [3.05, 3.63) is 57.8 Å². The first-order valence-corrected chi connectivity index (χ1v) is 6.72. The quantitative estimate of drug-likeness (QED) is 0.641. The number of carbonyl (C=O) groups excluding carboxylic acids is 1. The van der Waals surface area contributed by atoms with E-state index in [1.54, 1.807) is 6.92 Å². The van der Waals surface area contributed by atoms with Crippen molar-refractivity contribution in [1.82, 2.24) is 15.4 Å². The summed E-state index contributed by atoms with van der Waals surface area (Å²) in [5, 5.41) is 3.84. The Bertz CT molecular complexity index is 735. The first-order valence-electron chi connectivity index (χ1n) is 6.72. The molecule has 2 N–H and O–H groups in total. The minimum atomic E-state index is -0.569. The second kappa shape index (κ2) is 7.16. The first-order chi connectivity index (χ1) is 10.6. The molecular weight excluding hydrogens is 284 g/mol. The summed E-state index contributed by atoms with van der Waals surface area (Å²) >= 11 is 0. The molecule has 0 atom stereocenters. The normalized spacial score (nSPS) is 10.6. The van der Waals surface area contributed by atoms with E-state index in [2.05, 4.69) is 20.5 Å². The van der Waals surface area contributed by atoms with Gasteiger partial charge in [0.2, 0.25) is 0 Å². The molecule has 2 rings (SSSR count). The molecule has 7 nitrogen and oxygen atoms in total. The van der Waals surface area contributed by atoms with Crippen molar-refractivity contribution in [2.24, 2.45) is 5.10 Å². The van der Waals surface area contributed by atoms with Crippen molar-refractivity contribution >= 4 is 12.1 Å². The van der Waals surface area contributed by atoms with Gasteiger partial charge in [-0.25, -0.2) is 10.2 Å². The Morgan fingerprint density at radius 1 is 1.41 bits per heavy atom. The molecule has 7 heteroatoms. The summed E-state index contributed by atoms with van der Waals surface area (Å²) in [7, 11) is 0. The molecule has 0 aliphatic rings. The summed E-state index contributed by atoms with van der Waals surface area (Å²) in [6, 6.07) is 8.73. The molecule has 0 bridgehead atoms. The van der Waals surface area contributed by atoms with E-state index in [9.17, 15) is 9.59 Å². The van der Waals surface area contributed by atoms with E-state index < -0.39 is 11.6 Å². The predicted molar refractivity (Wildman–Crippen MR) is 82.3 cm³/mol. The van der Waals surface area contributed by atoms with Crippen molar-refractivity contribution in [1.29, 1.82) is 0 Å². The third kappa shape index (κ3) is 4.27. The maximum atomic E-state index is 11.8. The fraction of sp³-hybridized carbons (Fsp3) is 0.200. The number of nitrogens with one attached hydrogen (secondary N) is 2. The van der Waals surface area contributed by atoms with E-state index in [1.165, 1.54) is 12.3 Å². The molecule has 0 unspecified atom stereocenters. The molecular formula is C15H16N4O3. The van der Waals surface area contributed by atoms with Gasteiger partial charge in [-0.2, -0.15) is 10.1 Å². The zero-order valence-corrected chi connectivity index (χ0v) is 12.3. The lowest BCUT2D eigenvalue weighted by Gasteiger charge is -2.02. The molecule has 0 saturated carbocycles. The average Bonchev–Trinajstić information content (AvgIpc) is 2.48. The molecule has 0 aliphatic heterocycles. The Balaban J connectivity index is 1.99. The van der Waals surface area contributed by atoms with Gasteiger partial charge in [0.15, 0.2) is 0 Å². The second-order valence-corrected chi connectivity index (χ2v) is 4.46. The fourth-order valence-corrected chi connectivity index (χ4v) is 1.74. The highest BCUT2D eigenvalue weighted by Crippen LogP contribution is 2.10. The molecule has 1 aromatic heterocycles. The van der Waals surface area contributed by atoms with Gasteiger partial charge >= 0.3 is 5.69 Å². The zero-order chi connectivity index (χ0) is 15.9. The molecule has 22 heavy (non-hydrogen) atoms. The van der Waals surface area contributed by atoms with Crippen LogP contribution in [0.4, 0.5) is 0 Å². The number of hydrogen-bond acceptors (Lipinski definition) is 5. The van der Waals surface area contributed by atoms with Crippen LogP contribution in [0.2, 0.25) is 0 Å². The van der Waals surface area contributed by atoms with Crippen LogP contribution in [-0.2, 0) is 0 Å². The number of ether oxygens (including phenoxy) is 1.